The lowest BCUT2D eigenvalue weighted by molar-refractivity contribution is 0.497. The van der Waals surface area contributed by atoms with Gasteiger partial charge in [0.05, 0.1) is 5.25 Å². The number of aromatic nitrogens is 6. The van der Waals surface area contributed by atoms with Crippen molar-refractivity contribution in [2.75, 3.05) is 24.7 Å². The average molecular weight is 363 g/mol. The molecule has 2 aromatic rings. The number of H-pyrrole nitrogens is 1. The Kier molecular flexibility index (Phi) is 5.72. The minimum Gasteiger partial charge on any atom is -0.368 e. The van der Waals surface area contributed by atoms with Gasteiger partial charge >= 0.3 is 0 Å². The van der Waals surface area contributed by atoms with Crippen LogP contribution < -0.4 is 10.6 Å². The molecule has 2 aromatic heterocycles. The zero-order valence-corrected chi connectivity index (χ0v) is 15.9. The highest BCUT2D eigenvalue weighted by molar-refractivity contribution is 7.99. The molecular formula is C16H26N8S. The number of anilines is 2. The van der Waals surface area contributed by atoms with Gasteiger partial charge in [0.15, 0.2) is 0 Å². The summed E-state index contributed by atoms with van der Waals surface area (Å²) in [6, 6.07) is 0. The Hall–Kier alpha value is -1.90. The van der Waals surface area contributed by atoms with Crippen LogP contribution in [0, 0.1) is 5.92 Å². The lowest BCUT2D eigenvalue weighted by Crippen LogP contribution is -2.16. The van der Waals surface area contributed by atoms with Crippen LogP contribution in [0.15, 0.2) is 5.16 Å². The predicted octanol–water partition coefficient (Wildman–Crippen LogP) is 2.61. The monoisotopic (exact) mass is 362 g/mol. The molecule has 3 rings (SSSR count). The number of thioether (sulfide) groups is 1. The Labute approximate surface area is 152 Å². The number of nitrogens with zero attached hydrogens (tertiary/aromatic N) is 6. The Balaban J connectivity index is 1.60. The topological polar surface area (TPSA) is 110 Å². The van der Waals surface area contributed by atoms with Crippen LogP contribution in [-0.2, 0) is 6.42 Å². The van der Waals surface area contributed by atoms with Crippen molar-refractivity contribution in [3.05, 3.63) is 11.6 Å². The van der Waals surface area contributed by atoms with E-state index in [1.54, 1.807) is 0 Å². The lowest BCUT2D eigenvalue weighted by Gasteiger charge is -2.13. The van der Waals surface area contributed by atoms with Gasteiger partial charge in [0.25, 0.3) is 0 Å². The summed E-state index contributed by atoms with van der Waals surface area (Å²) >= 11 is 1.52. The third-order valence-corrected chi connectivity index (χ3v) is 5.44. The van der Waals surface area contributed by atoms with Gasteiger partial charge in [-0.3, -0.25) is 5.10 Å². The number of aryl methyl sites for hydroxylation is 1. The molecule has 9 heteroatoms. The molecule has 1 unspecified atom stereocenters. The van der Waals surface area contributed by atoms with E-state index in [2.05, 4.69) is 30.1 Å². The number of nitrogens with one attached hydrogen (secondary N) is 1. The van der Waals surface area contributed by atoms with E-state index >= 15 is 0 Å². The average Bonchev–Trinajstić information content (AvgIpc) is 3.23. The molecule has 3 N–H and O–H groups in total. The van der Waals surface area contributed by atoms with E-state index in [0.29, 0.717) is 11.8 Å². The summed E-state index contributed by atoms with van der Waals surface area (Å²) in [6.45, 7) is 2.02. The van der Waals surface area contributed by atoms with Gasteiger partial charge in [-0.25, -0.2) is 4.98 Å². The van der Waals surface area contributed by atoms with E-state index < -0.39 is 0 Å². The van der Waals surface area contributed by atoms with Crippen LogP contribution in [0.1, 0.15) is 55.9 Å². The van der Waals surface area contributed by atoms with E-state index in [1.165, 1.54) is 43.9 Å². The highest BCUT2D eigenvalue weighted by Crippen LogP contribution is 2.32. The molecule has 1 aliphatic rings. The van der Waals surface area contributed by atoms with Crippen molar-refractivity contribution in [1.82, 2.24) is 30.1 Å². The molecule has 0 radical (unpaired) electrons. The second-order valence-electron chi connectivity index (χ2n) is 6.76. The largest absolute Gasteiger partial charge is 0.368 e. The molecule has 1 fully saturated rings. The normalized spacial score (nSPS) is 16.3. The van der Waals surface area contributed by atoms with Crippen molar-refractivity contribution >= 4 is 23.7 Å². The van der Waals surface area contributed by atoms with Crippen LogP contribution in [0.5, 0.6) is 0 Å². The summed E-state index contributed by atoms with van der Waals surface area (Å²) in [5.41, 5.74) is 5.80. The summed E-state index contributed by atoms with van der Waals surface area (Å²) < 4.78 is 0. The van der Waals surface area contributed by atoms with Crippen molar-refractivity contribution in [1.29, 1.82) is 0 Å². The molecule has 1 atom stereocenters. The van der Waals surface area contributed by atoms with Crippen molar-refractivity contribution < 1.29 is 0 Å². The van der Waals surface area contributed by atoms with E-state index in [4.69, 9.17) is 5.73 Å². The van der Waals surface area contributed by atoms with Gasteiger partial charge < -0.3 is 10.6 Å². The highest BCUT2D eigenvalue weighted by atomic mass is 32.2. The molecule has 0 spiro atoms. The Morgan fingerprint density at radius 2 is 1.96 bits per heavy atom. The van der Waals surface area contributed by atoms with Gasteiger partial charge in [-0.1, -0.05) is 37.4 Å². The molecule has 0 bridgehead atoms. The maximum absolute atomic E-state index is 5.80. The van der Waals surface area contributed by atoms with Crippen LogP contribution in [-0.4, -0.2) is 44.2 Å². The zero-order chi connectivity index (χ0) is 17.8. The number of nitrogen functional groups attached to an aromatic ring is 1. The standard InChI is InChI=1S/C16H26N8S/c1-10(13-19-14(17)21-15(20-13)24(2)3)25-16-18-12(22-23-16)9-8-11-6-4-5-7-11/h10-11H,4-9H2,1-3H3,(H,18,22,23)(H2,17,19,20,21). The minimum absolute atomic E-state index is 0.0116. The van der Waals surface area contributed by atoms with Gasteiger partial charge in [-0.05, 0) is 19.3 Å². The first-order valence-electron chi connectivity index (χ1n) is 8.78. The van der Waals surface area contributed by atoms with Crippen LogP contribution in [0.2, 0.25) is 0 Å². The summed E-state index contributed by atoms with van der Waals surface area (Å²) in [5, 5.41) is 8.09. The summed E-state index contributed by atoms with van der Waals surface area (Å²) in [4.78, 5) is 19.2. The van der Waals surface area contributed by atoms with Gasteiger partial charge in [0.2, 0.25) is 17.1 Å². The first-order chi connectivity index (χ1) is 12.0. The number of nitrogens with two attached hydrogens (primary N) is 1. The van der Waals surface area contributed by atoms with E-state index in [1.807, 2.05) is 25.9 Å². The molecule has 25 heavy (non-hydrogen) atoms. The van der Waals surface area contributed by atoms with Gasteiger partial charge in [0.1, 0.15) is 11.6 Å². The molecule has 136 valence electrons. The molecule has 0 aromatic carbocycles. The maximum atomic E-state index is 5.80. The third-order valence-electron chi connectivity index (χ3n) is 4.48. The number of rotatable bonds is 7. The van der Waals surface area contributed by atoms with E-state index in [9.17, 15) is 0 Å². The number of hydrogen-bond acceptors (Lipinski definition) is 8. The van der Waals surface area contributed by atoms with Gasteiger partial charge in [-0.15, -0.1) is 5.10 Å². The van der Waals surface area contributed by atoms with Crippen molar-refractivity contribution in [3.8, 4) is 0 Å². The first kappa shape index (κ1) is 17.9. The lowest BCUT2D eigenvalue weighted by atomic mass is 10.0. The van der Waals surface area contributed by atoms with Crippen LogP contribution in [0.25, 0.3) is 0 Å². The van der Waals surface area contributed by atoms with Crippen LogP contribution in [0.4, 0.5) is 11.9 Å². The smallest absolute Gasteiger partial charge is 0.229 e. The molecule has 8 nitrogen and oxygen atoms in total. The Bertz CT molecular complexity index is 695. The fourth-order valence-electron chi connectivity index (χ4n) is 3.07. The quantitative estimate of drug-likeness (QED) is 0.723. The highest BCUT2D eigenvalue weighted by Gasteiger charge is 2.18. The SMILES string of the molecule is CC(Sc1n[nH]c(CCC2CCCC2)n1)c1nc(N)nc(N(C)C)n1. The molecule has 0 amide bonds. The van der Waals surface area contributed by atoms with Gasteiger partial charge in [-0.2, -0.15) is 15.0 Å². The molecule has 0 saturated heterocycles. The summed E-state index contributed by atoms with van der Waals surface area (Å²) in [7, 11) is 3.75. The fraction of sp³-hybridized carbons (Fsp3) is 0.688. The van der Waals surface area contributed by atoms with Gasteiger partial charge in [0, 0.05) is 20.5 Å². The van der Waals surface area contributed by atoms with Crippen LogP contribution >= 0.6 is 11.8 Å². The third kappa shape index (κ3) is 4.81. The van der Waals surface area contributed by atoms with Crippen molar-refractivity contribution in [2.45, 2.75) is 55.9 Å². The Morgan fingerprint density at radius 1 is 1.20 bits per heavy atom. The van der Waals surface area contributed by atoms with Crippen molar-refractivity contribution in [3.63, 3.8) is 0 Å². The van der Waals surface area contributed by atoms with Crippen LogP contribution in [0.3, 0.4) is 0 Å². The molecule has 1 saturated carbocycles. The van der Waals surface area contributed by atoms with E-state index in [0.717, 1.165) is 23.3 Å². The zero-order valence-electron chi connectivity index (χ0n) is 15.1. The molecule has 2 heterocycles. The summed E-state index contributed by atoms with van der Waals surface area (Å²) in [5.74, 6) is 3.25. The Morgan fingerprint density at radius 3 is 2.68 bits per heavy atom. The fourth-order valence-corrected chi connectivity index (χ4v) is 3.86. The second-order valence-corrected chi connectivity index (χ2v) is 8.07. The maximum Gasteiger partial charge on any atom is 0.229 e. The molecular weight excluding hydrogens is 336 g/mol. The molecule has 1 aliphatic carbocycles. The van der Waals surface area contributed by atoms with E-state index in [-0.39, 0.29) is 11.2 Å². The first-order valence-corrected chi connectivity index (χ1v) is 9.66. The number of hydrogen-bond donors (Lipinski definition) is 2. The predicted molar refractivity (Wildman–Crippen MR) is 99.5 cm³/mol. The minimum atomic E-state index is -0.0116. The number of aromatic amines is 1. The second kappa shape index (κ2) is 7.99. The molecule has 0 aliphatic heterocycles. The summed E-state index contributed by atoms with van der Waals surface area (Å²) in [6.07, 6.45) is 7.65. The van der Waals surface area contributed by atoms with Crippen molar-refractivity contribution in [2.24, 2.45) is 5.92 Å².